The maximum Gasteiger partial charge on any atom is 0.267 e. The molecule has 0 aliphatic carbocycles. The average molecular weight is 297 g/mol. The third kappa shape index (κ3) is 2.44. The molecule has 1 amide bonds. The number of ether oxygens (including phenoxy) is 1. The number of nitrogens with zero attached hydrogens (tertiary/aromatic N) is 3. The van der Waals surface area contributed by atoms with Crippen molar-refractivity contribution in [2.75, 3.05) is 0 Å². The Bertz CT molecular complexity index is 567. The number of hydrogen-bond donors (Lipinski definition) is 1. The molecule has 0 radical (unpaired) electrons. The molecular formula is C10H9BrN4O2. The minimum atomic E-state index is -0.555. The fraction of sp³-hybridized carbons (Fsp3) is 0.100. The van der Waals surface area contributed by atoms with E-state index in [0.29, 0.717) is 10.4 Å². The summed E-state index contributed by atoms with van der Waals surface area (Å²) in [5, 5.41) is 4.01. The predicted molar refractivity (Wildman–Crippen MR) is 63.7 cm³/mol. The molecule has 2 aromatic rings. The summed E-state index contributed by atoms with van der Waals surface area (Å²) < 4.78 is 7.40. The molecule has 0 unspecified atom stereocenters. The number of primary amides is 1. The first kappa shape index (κ1) is 11.6. The molecule has 0 atom stereocenters. The van der Waals surface area contributed by atoms with E-state index in [1.54, 1.807) is 25.4 Å². The Morgan fingerprint density at radius 3 is 2.94 bits per heavy atom. The van der Waals surface area contributed by atoms with Gasteiger partial charge in [0.25, 0.3) is 5.91 Å². The van der Waals surface area contributed by atoms with Gasteiger partial charge in [-0.05, 0) is 28.1 Å². The van der Waals surface area contributed by atoms with Gasteiger partial charge in [0.15, 0.2) is 5.75 Å². The summed E-state index contributed by atoms with van der Waals surface area (Å²) in [6.45, 7) is 0. The van der Waals surface area contributed by atoms with Gasteiger partial charge in [0.05, 0.1) is 0 Å². The molecule has 0 aliphatic rings. The van der Waals surface area contributed by atoms with Crippen LogP contribution in [0.1, 0.15) is 10.5 Å². The lowest BCUT2D eigenvalue weighted by Crippen LogP contribution is -2.15. The Balaban J connectivity index is 2.28. The van der Waals surface area contributed by atoms with Crippen molar-refractivity contribution in [2.45, 2.75) is 0 Å². The highest BCUT2D eigenvalue weighted by Crippen LogP contribution is 2.26. The Hall–Kier alpha value is -1.89. The highest BCUT2D eigenvalue weighted by Gasteiger charge is 2.12. The van der Waals surface area contributed by atoms with Crippen LogP contribution in [0.2, 0.25) is 0 Å². The van der Waals surface area contributed by atoms with Crippen LogP contribution in [0, 0.1) is 0 Å². The first-order chi connectivity index (χ1) is 8.08. The highest BCUT2D eigenvalue weighted by molar-refractivity contribution is 9.10. The predicted octanol–water partition coefficient (Wildman–Crippen LogP) is 1.47. The molecule has 2 N–H and O–H groups in total. The summed E-state index contributed by atoms with van der Waals surface area (Å²) in [4.78, 5) is 15.0. The quantitative estimate of drug-likeness (QED) is 0.870. The van der Waals surface area contributed by atoms with Gasteiger partial charge in [-0.15, -0.1) is 5.10 Å². The van der Waals surface area contributed by atoms with E-state index in [0.717, 1.165) is 0 Å². The zero-order chi connectivity index (χ0) is 12.4. The maximum atomic E-state index is 11.0. The number of carbonyl (C=O) groups excluding carboxylic acids is 1. The van der Waals surface area contributed by atoms with Crippen LogP contribution in [0.15, 0.2) is 29.0 Å². The number of carbonyl (C=O) groups is 1. The van der Waals surface area contributed by atoms with E-state index in [9.17, 15) is 4.79 Å². The van der Waals surface area contributed by atoms with Crippen LogP contribution in [0.5, 0.6) is 11.6 Å². The molecule has 17 heavy (non-hydrogen) atoms. The van der Waals surface area contributed by atoms with E-state index in [4.69, 9.17) is 10.5 Å². The van der Waals surface area contributed by atoms with Gasteiger partial charge in [-0.1, -0.05) is 0 Å². The topological polar surface area (TPSA) is 83.0 Å². The number of halogens is 1. The van der Waals surface area contributed by atoms with Crippen molar-refractivity contribution in [1.29, 1.82) is 0 Å². The standard InChI is InChI=1S/C10H9BrN4O2/c1-15-6(10(12)16)5-8(14-15)17-7-3-2-4-13-9(7)11/h2-5H,1H3,(H2,12,16). The van der Waals surface area contributed by atoms with Crippen LogP contribution in [0.4, 0.5) is 0 Å². The Labute approximate surface area is 106 Å². The SMILES string of the molecule is Cn1nc(Oc2cccnc2Br)cc1C(N)=O. The monoisotopic (exact) mass is 296 g/mol. The second-order valence-corrected chi connectivity index (χ2v) is 4.00. The number of hydrogen-bond acceptors (Lipinski definition) is 4. The van der Waals surface area contributed by atoms with Gasteiger partial charge in [0.1, 0.15) is 10.3 Å². The minimum absolute atomic E-state index is 0.278. The lowest BCUT2D eigenvalue weighted by molar-refractivity contribution is 0.0991. The van der Waals surface area contributed by atoms with Gasteiger partial charge < -0.3 is 10.5 Å². The third-order valence-corrected chi connectivity index (χ3v) is 2.64. The van der Waals surface area contributed by atoms with Gasteiger partial charge in [-0.25, -0.2) is 4.98 Å². The summed E-state index contributed by atoms with van der Waals surface area (Å²) in [6.07, 6.45) is 1.63. The average Bonchev–Trinajstić information content (AvgIpc) is 2.63. The smallest absolute Gasteiger partial charge is 0.267 e. The molecule has 0 fully saturated rings. The highest BCUT2D eigenvalue weighted by atomic mass is 79.9. The molecule has 88 valence electrons. The van der Waals surface area contributed by atoms with Crippen molar-refractivity contribution in [3.05, 3.63) is 34.7 Å². The first-order valence-electron chi connectivity index (χ1n) is 4.70. The number of pyridine rings is 1. The molecule has 0 aliphatic heterocycles. The zero-order valence-corrected chi connectivity index (χ0v) is 10.5. The molecule has 0 saturated heterocycles. The van der Waals surface area contributed by atoms with E-state index in [2.05, 4.69) is 26.0 Å². The second kappa shape index (κ2) is 4.54. The molecule has 0 aromatic carbocycles. The first-order valence-corrected chi connectivity index (χ1v) is 5.49. The largest absolute Gasteiger partial charge is 0.435 e. The zero-order valence-electron chi connectivity index (χ0n) is 8.92. The van der Waals surface area contributed by atoms with Crippen molar-refractivity contribution >= 4 is 21.8 Å². The number of aromatic nitrogens is 3. The molecule has 6 nitrogen and oxygen atoms in total. The van der Waals surface area contributed by atoms with Crippen molar-refractivity contribution in [3.63, 3.8) is 0 Å². The number of rotatable bonds is 3. The molecule has 2 rings (SSSR count). The summed E-state index contributed by atoms with van der Waals surface area (Å²) in [6, 6.07) is 4.94. The lowest BCUT2D eigenvalue weighted by atomic mass is 10.4. The van der Waals surface area contributed by atoms with Crippen molar-refractivity contribution in [2.24, 2.45) is 12.8 Å². The number of nitrogens with two attached hydrogens (primary N) is 1. The van der Waals surface area contributed by atoms with Crippen molar-refractivity contribution < 1.29 is 9.53 Å². The number of aryl methyl sites for hydroxylation is 1. The normalized spacial score (nSPS) is 10.2. The van der Waals surface area contributed by atoms with E-state index in [1.165, 1.54) is 10.7 Å². The number of amides is 1. The summed E-state index contributed by atoms with van der Waals surface area (Å²) >= 11 is 3.25. The lowest BCUT2D eigenvalue weighted by Gasteiger charge is -2.02. The molecule has 2 aromatic heterocycles. The molecular weight excluding hydrogens is 288 g/mol. The molecule has 0 spiro atoms. The summed E-state index contributed by atoms with van der Waals surface area (Å²) in [7, 11) is 1.62. The van der Waals surface area contributed by atoms with Crippen LogP contribution >= 0.6 is 15.9 Å². The summed E-state index contributed by atoms with van der Waals surface area (Å²) in [5.74, 6) is 0.247. The van der Waals surface area contributed by atoms with Gasteiger partial charge >= 0.3 is 0 Å². The van der Waals surface area contributed by atoms with Gasteiger partial charge in [-0.2, -0.15) is 0 Å². The van der Waals surface area contributed by atoms with Crippen LogP contribution in [0.3, 0.4) is 0 Å². The molecule has 2 heterocycles. The fourth-order valence-corrected chi connectivity index (χ4v) is 1.61. The van der Waals surface area contributed by atoms with Gasteiger partial charge in [0, 0.05) is 19.3 Å². The fourth-order valence-electron chi connectivity index (χ4n) is 1.28. The Kier molecular flexibility index (Phi) is 3.10. The van der Waals surface area contributed by atoms with E-state index < -0.39 is 5.91 Å². The van der Waals surface area contributed by atoms with Crippen LogP contribution in [0.25, 0.3) is 0 Å². The van der Waals surface area contributed by atoms with Crippen LogP contribution < -0.4 is 10.5 Å². The molecule has 7 heteroatoms. The van der Waals surface area contributed by atoms with E-state index in [1.807, 2.05) is 0 Å². The minimum Gasteiger partial charge on any atom is -0.435 e. The maximum absolute atomic E-state index is 11.0. The van der Waals surface area contributed by atoms with E-state index in [-0.39, 0.29) is 11.6 Å². The molecule has 0 saturated carbocycles. The van der Waals surface area contributed by atoms with Gasteiger partial charge in [0.2, 0.25) is 5.88 Å². The molecule has 0 bridgehead atoms. The third-order valence-electron chi connectivity index (χ3n) is 2.05. The van der Waals surface area contributed by atoms with E-state index >= 15 is 0 Å². The second-order valence-electron chi connectivity index (χ2n) is 3.25. The van der Waals surface area contributed by atoms with Crippen molar-refractivity contribution in [3.8, 4) is 11.6 Å². The summed E-state index contributed by atoms with van der Waals surface area (Å²) in [5.41, 5.74) is 5.45. The van der Waals surface area contributed by atoms with Crippen molar-refractivity contribution in [1.82, 2.24) is 14.8 Å². The Morgan fingerprint density at radius 1 is 1.59 bits per heavy atom. The van der Waals surface area contributed by atoms with Crippen LogP contribution in [-0.2, 0) is 7.05 Å². The van der Waals surface area contributed by atoms with Crippen LogP contribution in [-0.4, -0.2) is 20.7 Å². The van der Waals surface area contributed by atoms with Gasteiger partial charge in [-0.3, -0.25) is 9.48 Å². The Morgan fingerprint density at radius 2 is 2.35 bits per heavy atom.